The summed E-state index contributed by atoms with van der Waals surface area (Å²) in [7, 11) is 0. The molecule has 2 aromatic carbocycles. The lowest BCUT2D eigenvalue weighted by atomic mass is 9.90. The molecule has 1 aromatic heterocycles. The Balaban J connectivity index is 1.38. The van der Waals surface area contributed by atoms with Gasteiger partial charge in [0, 0.05) is 13.1 Å². The summed E-state index contributed by atoms with van der Waals surface area (Å²) in [6, 6.07) is 10.9. The molecule has 3 aromatic rings. The second-order valence-electron chi connectivity index (χ2n) is 6.95. The van der Waals surface area contributed by atoms with Gasteiger partial charge in [0.1, 0.15) is 11.3 Å². The number of fused-ring (bicyclic) bond motifs is 1. The van der Waals surface area contributed by atoms with Gasteiger partial charge in [0.05, 0.1) is 10.3 Å². The van der Waals surface area contributed by atoms with E-state index in [1.807, 2.05) is 12.1 Å². The predicted molar refractivity (Wildman–Crippen MR) is 101 cm³/mol. The van der Waals surface area contributed by atoms with E-state index in [0.717, 1.165) is 59.9 Å². The number of benzene rings is 2. The van der Waals surface area contributed by atoms with E-state index in [1.165, 1.54) is 0 Å². The molecule has 1 saturated heterocycles. The first kappa shape index (κ1) is 18.1. The zero-order chi connectivity index (χ0) is 19.0. The molecule has 0 spiro atoms. The van der Waals surface area contributed by atoms with Crippen molar-refractivity contribution in [1.82, 2.24) is 4.98 Å². The van der Waals surface area contributed by atoms with Crippen LogP contribution >= 0.6 is 11.3 Å². The van der Waals surface area contributed by atoms with Gasteiger partial charge in [-0.05, 0) is 55.0 Å². The van der Waals surface area contributed by atoms with Gasteiger partial charge in [-0.2, -0.15) is 13.2 Å². The molecule has 27 heavy (non-hydrogen) atoms. The summed E-state index contributed by atoms with van der Waals surface area (Å²) in [4.78, 5) is 6.80. The highest BCUT2D eigenvalue weighted by Crippen LogP contribution is 2.35. The zero-order valence-corrected chi connectivity index (χ0v) is 15.4. The number of phenols is 1. The van der Waals surface area contributed by atoms with Crippen LogP contribution in [0.3, 0.4) is 0 Å². The van der Waals surface area contributed by atoms with Crippen molar-refractivity contribution >= 4 is 26.7 Å². The van der Waals surface area contributed by atoms with Gasteiger partial charge in [-0.3, -0.25) is 0 Å². The minimum absolute atomic E-state index is 0.201. The van der Waals surface area contributed by atoms with Crippen molar-refractivity contribution in [3.05, 3.63) is 53.6 Å². The van der Waals surface area contributed by atoms with Crippen molar-refractivity contribution in [2.45, 2.75) is 25.4 Å². The third-order valence-electron chi connectivity index (χ3n) is 5.08. The molecule has 1 fully saturated rings. The van der Waals surface area contributed by atoms with Crippen LogP contribution in [0.15, 0.2) is 42.5 Å². The normalized spacial score (nSPS) is 16.2. The Labute approximate surface area is 159 Å². The monoisotopic (exact) mass is 392 g/mol. The van der Waals surface area contributed by atoms with Gasteiger partial charge in [-0.1, -0.05) is 29.5 Å². The second kappa shape index (κ2) is 7.03. The maximum atomic E-state index is 12.7. The van der Waals surface area contributed by atoms with Crippen LogP contribution in [0.4, 0.5) is 18.3 Å². The van der Waals surface area contributed by atoms with Gasteiger partial charge in [-0.15, -0.1) is 0 Å². The van der Waals surface area contributed by atoms with Crippen molar-refractivity contribution in [3.8, 4) is 5.75 Å². The van der Waals surface area contributed by atoms with Crippen LogP contribution in [0.5, 0.6) is 5.75 Å². The number of alkyl halides is 3. The number of piperidine rings is 1. The number of hydrogen-bond donors (Lipinski definition) is 1. The topological polar surface area (TPSA) is 36.4 Å². The number of aromatic nitrogens is 1. The molecule has 0 amide bonds. The molecule has 0 radical (unpaired) electrons. The van der Waals surface area contributed by atoms with E-state index in [1.54, 1.807) is 29.5 Å². The van der Waals surface area contributed by atoms with E-state index >= 15 is 0 Å². The summed E-state index contributed by atoms with van der Waals surface area (Å²) in [6.45, 7) is 1.73. The Hall–Kier alpha value is -2.28. The minimum atomic E-state index is -4.28. The number of para-hydroxylation sites is 1. The standard InChI is InChI=1S/C20H19F3N2OS/c21-20(22,23)15-6-4-13(5-7-15)12-14-8-10-25(11-9-14)19-24-18-16(26)2-1-3-17(18)27-19/h1-7,14,26H,8-12H2. The fourth-order valence-electron chi connectivity index (χ4n) is 3.55. The van der Waals surface area contributed by atoms with Crippen molar-refractivity contribution < 1.29 is 18.3 Å². The predicted octanol–water partition coefficient (Wildman–Crippen LogP) is 5.48. The molecule has 1 aliphatic heterocycles. The zero-order valence-electron chi connectivity index (χ0n) is 14.5. The van der Waals surface area contributed by atoms with Gasteiger partial charge >= 0.3 is 6.18 Å². The number of nitrogens with zero attached hydrogens (tertiary/aromatic N) is 2. The third-order valence-corrected chi connectivity index (χ3v) is 6.16. The molecule has 7 heteroatoms. The summed E-state index contributed by atoms with van der Waals surface area (Å²) in [5, 5.41) is 10.8. The lowest BCUT2D eigenvalue weighted by Crippen LogP contribution is -2.34. The van der Waals surface area contributed by atoms with E-state index in [0.29, 0.717) is 11.4 Å². The molecule has 1 N–H and O–H groups in total. The van der Waals surface area contributed by atoms with E-state index in [4.69, 9.17) is 0 Å². The number of thiazole rings is 1. The Morgan fingerprint density at radius 1 is 1.07 bits per heavy atom. The number of hydrogen-bond acceptors (Lipinski definition) is 4. The fraction of sp³-hybridized carbons (Fsp3) is 0.350. The summed E-state index contributed by atoms with van der Waals surface area (Å²) < 4.78 is 38.9. The van der Waals surface area contributed by atoms with Crippen molar-refractivity contribution in [3.63, 3.8) is 0 Å². The number of aromatic hydroxyl groups is 1. The minimum Gasteiger partial charge on any atom is -0.506 e. The smallest absolute Gasteiger partial charge is 0.416 e. The fourth-order valence-corrected chi connectivity index (χ4v) is 4.59. The maximum absolute atomic E-state index is 12.7. The van der Waals surface area contributed by atoms with E-state index in [-0.39, 0.29) is 5.75 Å². The molecule has 0 aliphatic carbocycles. The maximum Gasteiger partial charge on any atom is 0.416 e. The first-order chi connectivity index (χ1) is 12.9. The highest BCUT2D eigenvalue weighted by atomic mass is 32.1. The number of rotatable bonds is 3. The van der Waals surface area contributed by atoms with Crippen LogP contribution in [0.2, 0.25) is 0 Å². The highest BCUT2D eigenvalue weighted by Gasteiger charge is 2.30. The summed E-state index contributed by atoms with van der Waals surface area (Å²) >= 11 is 1.58. The molecular formula is C20H19F3N2OS. The Bertz CT molecular complexity index is 929. The molecule has 142 valence electrons. The number of anilines is 1. The van der Waals surface area contributed by atoms with Crippen molar-refractivity contribution in [1.29, 1.82) is 0 Å². The molecule has 4 rings (SSSR count). The Kier molecular flexibility index (Phi) is 4.72. The van der Waals surface area contributed by atoms with Crippen LogP contribution in [0.1, 0.15) is 24.0 Å². The van der Waals surface area contributed by atoms with E-state index in [2.05, 4.69) is 9.88 Å². The van der Waals surface area contributed by atoms with Gasteiger partial charge in [0.2, 0.25) is 0 Å². The molecule has 0 bridgehead atoms. The van der Waals surface area contributed by atoms with Crippen molar-refractivity contribution in [2.24, 2.45) is 5.92 Å². The molecule has 1 aliphatic rings. The van der Waals surface area contributed by atoms with Crippen molar-refractivity contribution in [2.75, 3.05) is 18.0 Å². The third kappa shape index (κ3) is 3.88. The number of halogens is 3. The van der Waals surface area contributed by atoms with Gasteiger partial charge in [-0.25, -0.2) is 4.98 Å². The second-order valence-corrected chi connectivity index (χ2v) is 7.96. The van der Waals surface area contributed by atoms with Crippen LogP contribution in [-0.2, 0) is 12.6 Å². The molecule has 0 saturated carbocycles. The largest absolute Gasteiger partial charge is 0.506 e. The Morgan fingerprint density at radius 2 is 1.78 bits per heavy atom. The molecule has 0 unspecified atom stereocenters. The Morgan fingerprint density at radius 3 is 2.41 bits per heavy atom. The molecule has 0 atom stereocenters. The van der Waals surface area contributed by atoms with Crippen LogP contribution in [-0.4, -0.2) is 23.2 Å². The SMILES string of the molecule is Oc1cccc2sc(N3CCC(Cc4ccc(C(F)(F)F)cc4)CC3)nc12. The van der Waals surface area contributed by atoms with Gasteiger partial charge in [0.25, 0.3) is 0 Å². The van der Waals surface area contributed by atoms with E-state index in [9.17, 15) is 18.3 Å². The summed E-state index contributed by atoms with van der Waals surface area (Å²) in [5.74, 6) is 0.660. The van der Waals surface area contributed by atoms with Gasteiger partial charge < -0.3 is 10.0 Å². The van der Waals surface area contributed by atoms with E-state index < -0.39 is 11.7 Å². The molecule has 2 heterocycles. The molecule has 3 nitrogen and oxygen atoms in total. The molecular weight excluding hydrogens is 373 g/mol. The first-order valence-corrected chi connectivity index (χ1v) is 9.71. The average Bonchev–Trinajstić information content (AvgIpc) is 3.08. The van der Waals surface area contributed by atoms with Crippen LogP contribution in [0, 0.1) is 5.92 Å². The van der Waals surface area contributed by atoms with Gasteiger partial charge in [0.15, 0.2) is 5.13 Å². The number of phenolic OH excluding ortho intramolecular Hbond substituents is 1. The lowest BCUT2D eigenvalue weighted by molar-refractivity contribution is -0.137. The highest BCUT2D eigenvalue weighted by molar-refractivity contribution is 7.22. The average molecular weight is 392 g/mol. The lowest BCUT2D eigenvalue weighted by Gasteiger charge is -2.31. The quantitative estimate of drug-likeness (QED) is 0.641. The summed E-state index contributed by atoms with van der Waals surface area (Å²) in [6.07, 6.45) is -1.53. The van der Waals surface area contributed by atoms with Crippen LogP contribution in [0.25, 0.3) is 10.2 Å². The van der Waals surface area contributed by atoms with Crippen LogP contribution < -0.4 is 4.90 Å². The summed E-state index contributed by atoms with van der Waals surface area (Å²) in [5.41, 5.74) is 0.996. The first-order valence-electron chi connectivity index (χ1n) is 8.90.